The van der Waals surface area contributed by atoms with Crippen molar-refractivity contribution in [2.24, 2.45) is 0 Å². The predicted molar refractivity (Wildman–Crippen MR) is 580 cm³/mol. The maximum Gasteiger partial charge on any atom is 0.113 e. The van der Waals surface area contributed by atoms with Gasteiger partial charge >= 0.3 is 0 Å². The van der Waals surface area contributed by atoms with E-state index in [0.29, 0.717) is 0 Å². The van der Waals surface area contributed by atoms with Gasteiger partial charge in [-0.3, -0.25) is 0 Å². The van der Waals surface area contributed by atoms with Crippen LogP contribution < -0.4 is 20.7 Å². The van der Waals surface area contributed by atoms with Crippen molar-refractivity contribution in [3.05, 3.63) is 425 Å². The summed E-state index contributed by atoms with van der Waals surface area (Å²) in [7, 11) is -4.17. The first-order valence-corrected chi connectivity index (χ1v) is 53.4. The molecule has 31 rings (SSSR count). The lowest BCUT2D eigenvalue weighted by Gasteiger charge is -2.24. The molecule has 0 saturated carbocycles. The van der Waals surface area contributed by atoms with Crippen LogP contribution in [0.15, 0.2) is 425 Å². The normalized spacial score (nSPS) is 13.5. The van der Waals surface area contributed by atoms with Crippen LogP contribution in [0.1, 0.15) is 0 Å². The van der Waals surface area contributed by atoms with E-state index in [1.54, 1.807) is 0 Å². The molecule has 0 saturated heterocycles. The molecule has 0 bridgehead atoms. The molecule has 0 spiro atoms. The second kappa shape index (κ2) is 27.2. The lowest BCUT2D eigenvalue weighted by molar-refractivity contribution is 1.67. The Kier molecular flexibility index (Phi) is 15.2. The summed E-state index contributed by atoms with van der Waals surface area (Å²) < 4.78 is 0. The van der Waals surface area contributed by atoms with Crippen molar-refractivity contribution in [3.8, 4) is 178 Å². The van der Waals surface area contributed by atoms with Gasteiger partial charge in [0.05, 0.1) is 0 Å². The molecule has 0 unspecified atom stereocenters. The average molecular weight is 1720 g/mol. The zero-order valence-electron chi connectivity index (χ0n) is 74.4. The van der Waals surface area contributed by atoms with E-state index in [1.807, 2.05) is 0 Å². The summed E-state index contributed by atoms with van der Waals surface area (Å²) in [4.78, 5) is 0. The quantitative estimate of drug-likeness (QED) is 0.0884. The molecule has 0 fully saturated rings. The topological polar surface area (TPSA) is 0 Å². The fourth-order valence-electron chi connectivity index (χ4n) is 26.2. The maximum absolute atomic E-state index is 2.67. The van der Waals surface area contributed by atoms with E-state index in [4.69, 9.17) is 0 Å². The van der Waals surface area contributed by atoms with Crippen LogP contribution in [0.3, 0.4) is 0 Å². The number of fused-ring (bicyclic) bond motifs is 26. The molecule has 6 aliphatic rings. The van der Waals surface area contributed by atoms with Gasteiger partial charge in [0.15, 0.2) is 0 Å². The van der Waals surface area contributed by atoms with Crippen molar-refractivity contribution in [3.63, 3.8) is 0 Å². The van der Waals surface area contributed by atoms with Gasteiger partial charge in [0.2, 0.25) is 0 Å². The fraction of sp³-hybridized carbons (Fsp3) is 0.0303. The van der Waals surface area contributed by atoms with Crippen LogP contribution in [0.5, 0.6) is 0 Å². The third-order valence-electron chi connectivity index (χ3n) is 32.1. The second-order valence-corrected chi connectivity index (χ2v) is 47.9. The van der Waals surface area contributed by atoms with Crippen LogP contribution >= 0.6 is 0 Å². The Morgan fingerprint density at radius 1 is 0.119 bits per heavy atom. The van der Waals surface area contributed by atoms with Gasteiger partial charge in [-0.2, -0.15) is 0 Å². The van der Waals surface area contributed by atoms with Crippen molar-refractivity contribution in [2.45, 2.75) is 26.2 Å². The van der Waals surface area contributed by atoms with E-state index in [2.05, 4.69) is 451 Å². The molecule has 618 valence electrons. The van der Waals surface area contributed by atoms with E-state index in [1.165, 1.54) is 317 Å². The summed E-state index contributed by atoms with van der Waals surface area (Å²) in [6.07, 6.45) is 0. The van der Waals surface area contributed by atoms with Crippen molar-refractivity contribution >= 4 is 155 Å². The zero-order chi connectivity index (χ0) is 88.0. The van der Waals surface area contributed by atoms with Gasteiger partial charge < -0.3 is 0 Å². The molecular weight excluding hydrogens is 1640 g/mol. The van der Waals surface area contributed by atoms with Crippen LogP contribution in [0.2, 0.25) is 26.2 Å². The van der Waals surface area contributed by atoms with E-state index in [9.17, 15) is 0 Å². The highest BCUT2D eigenvalue weighted by molar-refractivity contribution is 7.04. The minimum absolute atomic E-state index is 1.23. The first-order chi connectivity index (χ1) is 66.0. The Hall–Kier alpha value is -16.2. The SMILES string of the molecule is C[Si]1(C)c2ccccc2-c2cc3c(-c4ccc5c6c(cccc46)-c4ccccc4-5)c4ccc(-c5cc6ccccc6c6ccccc56)cc4c(-c4ccc5c6c(cccc46)-c4ccccc4-5)c3cc21.C[Si]1(C)c2ccccc2-c2cc3c(-c4ccc5c6c(cccc46)-c4ccccc4-5)c4ccc(-c5cccc6ccccc56)cc4c(-c4ccc5c6c(cccc46)-c4ccccc4-5)c3cc21. The lowest BCUT2D eigenvalue weighted by Crippen LogP contribution is -2.49. The van der Waals surface area contributed by atoms with Gasteiger partial charge in [-0.05, 0) is 348 Å². The molecule has 25 aromatic carbocycles. The van der Waals surface area contributed by atoms with Crippen molar-refractivity contribution in [1.29, 1.82) is 0 Å². The fourth-order valence-corrected chi connectivity index (χ4v) is 32.4. The summed E-state index contributed by atoms with van der Waals surface area (Å²) in [5.74, 6) is 0. The van der Waals surface area contributed by atoms with Crippen molar-refractivity contribution < 1.29 is 0 Å². The molecule has 0 atom stereocenters. The van der Waals surface area contributed by atoms with Gasteiger partial charge in [0, 0.05) is 0 Å². The lowest BCUT2D eigenvalue weighted by atomic mass is 9.81. The summed E-state index contributed by atoms with van der Waals surface area (Å²) >= 11 is 0. The Labute approximate surface area is 778 Å². The second-order valence-electron chi connectivity index (χ2n) is 39.2. The highest BCUT2D eigenvalue weighted by Gasteiger charge is 2.42. The standard InChI is InChI=1S/C68H42Si.C64H40Si/c1-69(2)63-28-12-11-23-48(63)59-37-61-62(38-64(59)69)68(56-34-32-54-46-21-9-7-19-44(46)50-25-14-27-52(56)66(50)54)60-36-40(58-35-39-15-3-4-16-41(39)42-17-5-10-22-47(42)58)29-30-57(60)67(61)55-33-31-53-45-20-8-6-18-43(45)49-24-13-26-51(55)65(49)53;1-65(2)59-27-10-9-21-45(59)55-35-57-58(36-60(55)65)64(53-33-31-51-44-20-8-6-18-42(44)47-24-13-26-49(53)62(47)51)56-34-38(40-22-11-15-37-14-3-4-16-39(37)40)28-29-54(56)63(57)52-32-30-50-43-19-7-5-17-41(43)46-23-12-25-48(52)61(46)50/h3-38H,1-2H3;3-36H,1-2H3. The molecule has 0 radical (unpaired) electrons. The molecule has 0 N–H and O–H groups in total. The molecular formula is C132H82Si2. The number of rotatable bonds is 6. The summed E-state index contributed by atoms with van der Waals surface area (Å²) in [6, 6.07) is 163. The number of hydrogen-bond acceptors (Lipinski definition) is 0. The van der Waals surface area contributed by atoms with Gasteiger partial charge in [-0.15, -0.1) is 0 Å². The molecule has 2 aliphatic heterocycles. The maximum atomic E-state index is 2.67. The molecule has 2 heteroatoms. The van der Waals surface area contributed by atoms with E-state index < -0.39 is 16.1 Å². The van der Waals surface area contributed by atoms with E-state index >= 15 is 0 Å². The van der Waals surface area contributed by atoms with Crippen LogP contribution in [-0.2, 0) is 0 Å². The first kappa shape index (κ1) is 74.6. The first-order valence-electron chi connectivity index (χ1n) is 47.4. The Bertz CT molecular complexity index is 9650. The van der Waals surface area contributed by atoms with Crippen LogP contribution in [0.4, 0.5) is 0 Å². The van der Waals surface area contributed by atoms with Crippen LogP contribution in [0, 0.1) is 0 Å². The van der Waals surface area contributed by atoms with Crippen molar-refractivity contribution in [2.75, 3.05) is 0 Å². The Balaban J connectivity index is 0.000000128. The Morgan fingerprint density at radius 2 is 0.381 bits per heavy atom. The monoisotopic (exact) mass is 1720 g/mol. The Morgan fingerprint density at radius 3 is 0.784 bits per heavy atom. The minimum Gasteiger partial charge on any atom is -0.0623 e. The molecule has 25 aromatic rings. The highest BCUT2D eigenvalue weighted by Crippen LogP contribution is 2.60. The third kappa shape index (κ3) is 9.99. The average Bonchev–Trinajstić information content (AvgIpc) is 1.32. The zero-order valence-corrected chi connectivity index (χ0v) is 76.4. The summed E-state index contributed by atoms with van der Waals surface area (Å²) in [5, 5.41) is 34.8. The molecule has 0 amide bonds. The smallest absolute Gasteiger partial charge is 0.0623 e. The molecule has 134 heavy (non-hydrogen) atoms. The van der Waals surface area contributed by atoms with Gasteiger partial charge in [0.25, 0.3) is 0 Å². The van der Waals surface area contributed by atoms with E-state index in [0.717, 1.165) is 0 Å². The summed E-state index contributed by atoms with van der Waals surface area (Å²) in [5.41, 5.74) is 42.2. The largest absolute Gasteiger partial charge is 0.113 e. The highest BCUT2D eigenvalue weighted by atomic mass is 28.3. The van der Waals surface area contributed by atoms with Crippen molar-refractivity contribution in [1.82, 2.24) is 0 Å². The molecule has 2 heterocycles. The molecule has 0 nitrogen and oxygen atoms in total. The third-order valence-corrected chi connectivity index (χ3v) is 39.2. The number of hydrogen-bond donors (Lipinski definition) is 0. The minimum atomic E-state index is -2.10. The van der Waals surface area contributed by atoms with Gasteiger partial charge in [-0.1, -0.05) is 421 Å². The van der Waals surface area contributed by atoms with Crippen LogP contribution in [0.25, 0.3) is 297 Å². The summed E-state index contributed by atoms with van der Waals surface area (Å²) in [6.45, 7) is 10.2. The van der Waals surface area contributed by atoms with Crippen LogP contribution in [-0.4, -0.2) is 16.1 Å². The molecule has 4 aliphatic carbocycles. The van der Waals surface area contributed by atoms with Gasteiger partial charge in [-0.25, -0.2) is 0 Å². The molecule has 0 aromatic heterocycles. The number of benzene rings is 25. The van der Waals surface area contributed by atoms with Gasteiger partial charge in [0.1, 0.15) is 16.1 Å². The van der Waals surface area contributed by atoms with E-state index in [-0.39, 0.29) is 0 Å². The predicted octanol–water partition coefficient (Wildman–Crippen LogP) is 34.3.